The molecule has 6 heteroatoms. The highest BCUT2D eigenvalue weighted by Crippen LogP contribution is 2.37. The third-order valence-corrected chi connectivity index (χ3v) is 6.14. The largest absolute Gasteiger partial charge is 0.494 e. The van der Waals surface area contributed by atoms with Gasteiger partial charge < -0.3 is 14.1 Å². The molecule has 164 valence electrons. The second-order valence-corrected chi connectivity index (χ2v) is 8.21. The highest BCUT2D eigenvalue weighted by molar-refractivity contribution is 6.10. The van der Waals surface area contributed by atoms with Crippen molar-refractivity contribution in [3.05, 3.63) is 65.8 Å². The summed E-state index contributed by atoms with van der Waals surface area (Å²) < 4.78 is 11.1. The van der Waals surface area contributed by atoms with Crippen LogP contribution in [0.25, 0.3) is 0 Å². The van der Waals surface area contributed by atoms with Crippen molar-refractivity contribution in [3.63, 3.8) is 0 Å². The van der Waals surface area contributed by atoms with E-state index in [0.717, 1.165) is 37.2 Å². The molecule has 0 aliphatic carbocycles. The molecular weight excluding hydrogens is 392 g/mol. The molecule has 1 saturated heterocycles. The molecule has 2 unspecified atom stereocenters. The minimum Gasteiger partial charge on any atom is -0.494 e. The third kappa shape index (κ3) is 4.59. The molecule has 31 heavy (non-hydrogen) atoms. The number of nitrogens with zero attached hydrogens (tertiary/aromatic N) is 2. The summed E-state index contributed by atoms with van der Waals surface area (Å²) in [6.45, 7) is 6.45. The molecule has 0 spiro atoms. The van der Waals surface area contributed by atoms with Crippen LogP contribution < -0.4 is 4.74 Å². The number of ketones is 1. The highest BCUT2D eigenvalue weighted by atomic mass is 16.5. The number of furan rings is 1. The van der Waals surface area contributed by atoms with Crippen molar-refractivity contribution in [3.8, 4) is 5.75 Å². The van der Waals surface area contributed by atoms with Crippen LogP contribution in [0.4, 0.5) is 0 Å². The first kappa shape index (κ1) is 21.4. The maximum absolute atomic E-state index is 13.7. The molecule has 0 N–H and O–H groups in total. The Balaban J connectivity index is 1.68. The Bertz CT molecular complexity index is 927. The second-order valence-electron chi connectivity index (χ2n) is 8.21. The van der Waals surface area contributed by atoms with Gasteiger partial charge in [0.15, 0.2) is 5.78 Å². The molecule has 2 atom stereocenters. The van der Waals surface area contributed by atoms with Gasteiger partial charge in [-0.05, 0) is 69.6 Å². The van der Waals surface area contributed by atoms with Gasteiger partial charge in [-0.25, -0.2) is 0 Å². The van der Waals surface area contributed by atoms with Crippen LogP contribution in [0.2, 0.25) is 0 Å². The topological polar surface area (TPSA) is 63.0 Å². The van der Waals surface area contributed by atoms with E-state index < -0.39 is 5.92 Å². The summed E-state index contributed by atoms with van der Waals surface area (Å²) in [4.78, 5) is 30.8. The van der Waals surface area contributed by atoms with Gasteiger partial charge in [0.1, 0.15) is 17.4 Å². The summed E-state index contributed by atoms with van der Waals surface area (Å²) in [5, 5.41) is 0. The van der Waals surface area contributed by atoms with E-state index in [4.69, 9.17) is 9.15 Å². The lowest BCUT2D eigenvalue weighted by atomic mass is 9.83. The van der Waals surface area contributed by atoms with E-state index in [1.54, 1.807) is 17.2 Å². The monoisotopic (exact) mass is 422 g/mol. The maximum atomic E-state index is 13.7. The maximum Gasteiger partial charge on any atom is 0.240 e. The number of piperidine rings is 1. The van der Waals surface area contributed by atoms with Crippen molar-refractivity contribution in [2.24, 2.45) is 5.92 Å². The number of likely N-dealkylation sites (tertiary alicyclic amines) is 1. The molecule has 3 heterocycles. The Morgan fingerprint density at radius 2 is 1.84 bits per heavy atom. The number of benzene rings is 1. The van der Waals surface area contributed by atoms with E-state index in [9.17, 15) is 9.59 Å². The van der Waals surface area contributed by atoms with Gasteiger partial charge in [-0.15, -0.1) is 0 Å². The lowest BCUT2D eigenvalue weighted by molar-refractivity contribution is -0.144. The normalized spacial score (nSPS) is 21.2. The molecule has 2 aromatic rings. The molecule has 1 amide bonds. The summed E-state index contributed by atoms with van der Waals surface area (Å²) >= 11 is 0. The number of carbonyl (C=O) groups excluding carboxylic acids is 2. The van der Waals surface area contributed by atoms with Crippen LogP contribution in [0.3, 0.4) is 0 Å². The van der Waals surface area contributed by atoms with Crippen LogP contribution in [0.15, 0.2) is 58.9 Å². The number of hydrogen-bond donors (Lipinski definition) is 0. The average Bonchev–Trinajstić information content (AvgIpc) is 3.29. The number of rotatable bonds is 7. The number of carbonyl (C=O) groups is 2. The molecule has 0 radical (unpaired) electrons. The predicted octanol–water partition coefficient (Wildman–Crippen LogP) is 4.34. The molecule has 1 aromatic carbocycles. The highest BCUT2D eigenvalue weighted by Gasteiger charge is 2.43. The van der Waals surface area contributed by atoms with Crippen molar-refractivity contribution < 1.29 is 18.7 Å². The van der Waals surface area contributed by atoms with Crippen molar-refractivity contribution in [1.29, 1.82) is 0 Å². The summed E-state index contributed by atoms with van der Waals surface area (Å²) in [6.07, 6.45) is 6.55. The van der Waals surface area contributed by atoms with Crippen LogP contribution in [-0.4, -0.2) is 41.2 Å². The van der Waals surface area contributed by atoms with Crippen LogP contribution in [0, 0.1) is 5.92 Å². The van der Waals surface area contributed by atoms with Gasteiger partial charge >= 0.3 is 0 Å². The smallest absolute Gasteiger partial charge is 0.240 e. The summed E-state index contributed by atoms with van der Waals surface area (Å²) in [7, 11) is 0. The standard InChI is InChI=1S/C25H30N2O4/c1-3-30-20-11-9-19(10-12-20)24(26-13-5-4-6-14-26)23-22(28)16-18(2)27(25(23)29)17-21-8-7-15-31-21/h7-12,15-16,23-24H,3-6,13-14,17H2,1-2H3. The minimum atomic E-state index is -0.769. The zero-order valence-corrected chi connectivity index (χ0v) is 18.3. The quantitative estimate of drug-likeness (QED) is 0.621. The van der Waals surface area contributed by atoms with Gasteiger partial charge in [-0.2, -0.15) is 0 Å². The first-order chi connectivity index (χ1) is 15.1. The number of hydrogen-bond acceptors (Lipinski definition) is 5. The fraction of sp³-hybridized carbons (Fsp3) is 0.440. The number of amides is 1. The lowest BCUT2D eigenvalue weighted by Crippen LogP contribution is -2.49. The van der Waals surface area contributed by atoms with Gasteiger partial charge in [0, 0.05) is 11.8 Å². The number of ether oxygens (including phenoxy) is 1. The van der Waals surface area contributed by atoms with Gasteiger partial charge in [-0.1, -0.05) is 18.6 Å². The first-order valence-corrected chi connectivity index (χ1v) is 11.1. The van der Waals surface area contributed by atoms with Crippen molar-refractivity contribution in [2.45, 2.75) is 45.7 Å². The molecule has 0 bridgehead atoms. The van der Waals surface area contributed by atoms with Crippen molar-refractivity contribution in [1.82, 2.24) is 9.80 Å². The van der Waals surface area contributed by atoms with E-state index in [2.05, 4.69) is 4.90 Å². The minimum absolute atomic E-state index is 0.123. The first-order valence-electron chi connectivity index (χ1n) is 11.1. The van der Waals surface area contributed by atoms with Crippen molar-refractivity contribution >= 4 is 11.7 Å². The van der Waals surface area contributed by atoms with Crippen LogP contribution >= 0.6 is 0 Å². The fourth-order valence-corrected chi connectivity index (χ4v) is 4.63. The van der Waals surface area contributed by atoms with Crippen LogP contribution in [0.5, 0.6) is 5.75 Å². The van der Waals surface area contributed by atoms with Gasteiger partial charge in [0.25, 0.3) is 0 Å². The van der Waals surface area contributed by atoms with E-state index in [1.165, 1.54) is 6.42 Å². The predicted molar refractivity (Wildman–Crippen MR) is 117 cm³/mol. The average molecular weight is 423 g/mol. The molecule has 1 fully saturated rings. The zero-order valence-electron chi connectivity index (χ0n) is 18.3. The fourth-order valence-electron chi connectivity index (χ4n) is 4.63. The van der Waals surface area contributed by atoms with E-state index in [1.807, 2.05) is 50.2 Å². The van der Waals surface area contributed by atoms with Crippen LogP contribution in [-0.2, 0) is 16.1 Å². The molecule has 0 saturated carbocycles. The zero-order chi connectivity index (χ0) is 21.8. The Labute approximate surface area is 183 Å². The Morgan fingerprint density at radius 1 is 1.10 bits per heavy atom. The van der Waals surface area contributed by atoms with Gasteiger partial charge in [0.05, 0.1) is 25.5 Å². The lowest BCUT2D eigenvalue weighted by Gasteiger charge is -2.41. The third-order valence-electron chi connectivity index (χ3n) is 6.14. The molecule has 2 aliphatic rings. The van der Waals surface area contributed by atoms with Crippen molar-refractivity contribution in [2.75, 3.05) is 19.7 Å². The van der Waals surface area contributed by atoms with Gasteiger partial charge in [-0.3, -0.25) is 14.5 Å². The molecule has 1 aromatic heterocycles. The molecule has 2 aliphatic heterocycles. The SMILES string of the molecule is CCOc1ccc(C(C2C(=O)C=C(C)N(Cc3ccco3)C2=O)N2CCCCC2)cc1. The summed E-state index contributed by atoms with van der Waals surface area (Å²) in [5.41, 5.74) is 1.63. The Morgan fingerprint density at radius 3 is 2.48 bits per heavy atom. The molecular formula is C25H30N2O4. The van der Waals surface area contributed by atoms with Crippen LogP contribution in [0.1, 0.15) is 50.5 Å². The Kier molecular flexibility index (Phi) is 6.56. The molecule has 6 nitrogen and oxygen atoms in total. The number of allylic oxidation sites excluding steroid dienone is 2. The van der Waals surface area contributed by atoms with E-state index in [-0.39, 0.29) is 17.7 Å². The summed E-state index contributed by atoms with van der Waals surface area (Å²) in [5.74, 6) is 0.438. The van der Waals surface area contributed by atoms with E-state index >= 15 is 0 Å². The van der Waals surface area contributed by atoms with E-state index in [0.29, 0.717) is 24.6 Å². The second kappa shape index (κ2) is 9.52. The molecule has 4 rings (SSSR count). The van der Waals surface area contributed by atoms with Gasteiger partial charge in [0.2, 0.25) is 5.91 Å². The Hall–Kier alpha value is -2.86. The summed E-state index contributed by atoms with van der Waals surface area (Å²) in [6, 6.07) is 11.2.